The number of aryl methyl sites for hydroxylation is 1. The summed E-state index contributed by atoms with van der Waals surface area (Å²) in [6.45, 7) is 2.27. The molecule has 0 atom stereocenters. The highest BCUT2D eigenvalue weighted by molar-refractivity contribution is 5.70. The lowest BCUT2D eigenvalue weighted by atomic mass is 10.2. The van der Waals surface area contributed by atoms with Gasteiger partial charge in [0, 0.05) is 24.2 Å². The Hall–Kier alpha value is -3.07. The lowest BCUT2D eigenvalue weighted by molar-refractivity contribution is -0.384. The Balaban J connectivity index is 2.12. The van der Waals surface area contributed by atoms with E-state index in [1.807, 2.05) is 25.1 Å². The van der Waals surface area contributed by atoms with E-state index in [1.165, 1.54) is 6.07 Å². The molecule has 2 aromatic rings. The molecule has 23 heavy (non-hydrogen) atoms. The first-order valence-electron chi connectivity index (χ1n) is 7.22. The zero-order valence-corrected chi connectivity index (χ0v) is 12.8. The zero-order valence-electron chi connectivity index (χ0n) is 12.8. The molecule has 1 N–H and O–H groups in total. The summed E-state index contributed by atoms with van der Waals surface area (Å²) in [6, 6.07) is 14.3. The van der Waals surface area contributed by atoms with Gasteiger partial charge in [0.25, 0.3) is 5.69 Å². The number of rotatable bonds is 7. The first-order valence-corrected chi connectivity index (χ1v) is 7.22. The van der Waals surface area contributed by atoms with Crippen LogP contribution in [0.3, 0.4) is 0 Å². The average molecular weight is 311 g/mol. The van der Waals surface area contributed by atoms with E-state index in [0.717, 1.165) is 5.56 Å². The molecule has 0 spiro atoms. The smallest absolute Gasteiger partial charge is 0.292 e. The van der Waals surface area contributed by atoms with Crippen molar-refractivity contribution in [3.8, 4) is 11.8 Å². The predicted octanol–water partition coefficient (Wildman–Crippen LogP) is 4.33. The highest BCUT2D eigenvalue weighted by Crippen LogP contribution is 2.29. The summed E-state index contributed by atoms with van der Waals surface area (Å²) in [4.78, 5) is 10.7. The predicted molar refractivity (Wildman–Crippen MR) is 87.9 cm³/mol. The van der Waals surface area contributed by atoms with Crippen molar-refractivity contribution in [2.75, 3.05) is 11.9 Å². The van der Waals surface area contributed by atoms with E-state index in [-0.39, 0.29) is 5.69 Å². The van der Waals surface area contributed by atoms with Crippen molar-refractivity contribution in [1.29, 1.82) is 5.26 Å². The second-order valence-electron chi connectivity index (χ2n) is 5.04. The fourth-order valence-corrected chi connectivity index (χ4v) is 2.06. The number of nitrogens with one attached hydrogen (secondary N) is 1. The van der Waals surface area contributed by atoms with E-state index in [2.05, 4.69) is 11.4 Å². The summed E-state index contributed by atoms with van der Waals surface area (Å²) in [5, 5.41) is 22.7. The van der Waals surface area contributed by atoms with Crippen molar-refractivity contribution in [2.24, 2.45) is 0 Å². The molecule has 2 rings (SSSR count). The second-order valence-corrected chi connectivity index (χ2v) is 5.04. The van der Waals surface area contributed by atoms with Gasteiger partial charge < -0.3 is 10.1 Å². The van der Waals surface area contributed by atoms with Crippen LogP contribution in [-0.4, -0.2) is 11.5 Å². The van der Waals surface area contributed by atoms with Crippen LogP contribution in [0.25, 0.3) is 0 Å². The van der Waals surface area contributed by atoms with Crippen molar-refractivity contribution in [3.63, 3.8) is 0 Å². The Morgan fingerprint density at radius 1 is 1.30 bits per heavy atom. The number of anilines is 2. The molecule has 2 aromatic carbocycles. The van der Waals surface area contributed by atoms with Crippen LogP contribution in [0, 0.1) is 28.4 Å². The number of nitro groups is 1. The number of benzene rings is 2. The standard InChI is InChI=1S/C17H17N3O3/c1-13-7-8-16(17(11-13)20(21)22)19-14-5-4-6-15(12-14)23-10-3-2-9-18/h4-8,11-12,19H,2-3,10H2,1H3. The van der Waals surface area contributed by atoms with E-state index in [4.69, 9.17) is 10.00 Å². The van der Waals surface area contributed by atoms with Crippen LogP contribution in [0.1, 0.15) is 18.4 Å². The van der Waals surface area contributed by atoms with Gasteiger partial charge in [-0.1, -0.05) is 12.1 Å². The van der Waals surface area contributed by atoms with Gasteiger partial charge in [-0.15, -0.1) is 0 Å². The van der Waals surface area contributed by atoms with Gasteiger partial charge in [-0.3, -0.25) is 10.1 Å². The average Bonchev–Trinajstić information content (AvgIpc) is 2.53. The molecule has 0 saturated heterocycles. The quantitative estimate of drug-likeness (QED) is 0.467. The van der Waals surface area contributed by atoms with Crippen molar-refractivity contribution in [3.05, 3.63) is 58.1 Å². The molecule has 0 saturated carbocycles. The van der Waals surface area contributed by atoms with Gasteiger partial charge in [0.2, 0.25) is 0 Å². The molecule has 0 amide bonds. The third kappa shape index (κ3) is 4.71. The third-order valence-electron chi connectivity index (χ3n) is 3.16. The molecule has 118 valence electrons. The van der Waals surface area contributed by atoms with Gasteiger partial charge in [-0.2, -0.15) is 5.26 Å². The van der Waals surface area contributed by atoms with Gasteiger partial charge in [0.1, 0.15) is 11.4 Å². The molecule has 0 heterocycles. The maximum atomic E-state index is 11.1. The molecule has 0 radical (unpaired) electrons. The molecule has 0 aliphatic carbocycles. The zero-order chi connectivity index (χ0) is 16.7. The van der Waals surface area contributed by atoms with Crippen molar-refractivity contribution >= 4 is 17.1 Å². The number of hydrogen-bond acceptors (Lipinski definition) is 5. The van der Waals surface area contributed by atoms with Crippen LogP contribution in [0.2, 0.25) is 0 Å². The summed E-state index contributed by atoms with van der Waals surface area (Å²) < 4.78 is 5.56. The molecular formula is C17H17N3O3. The number of nitro benzene ring substituents is 1. The Labute approximate surface area is 134 Å². The van der Waals surface area contributed by atoms with Crippen molar-refractivity contribution < 1.29 is 9.66 Å². The number of unbranched alkanes of at least 4 members (excludes halogenated alkanes) is 1. The number of nitrogens with zero attached hydrogens (tertiary/aromatic N) is 2. The van der Waals surface area contributed by atoms with Crippen molar-refractivity contribution in [1.82, 2.24) is 0 Å². The lowest BCUT2D eigenvalue weighted by Gasteiger charge is -2.10. The molecule has 0 bridgehead atoms. The van der Waals surface area contributed by atoms with E-state index in [1.54, 1.807) is 18.2 Å². The molecule has 0 fully saturated rings. The topological polar surface area (TPSA) is 88.2 Å². The van der Waals surface area contributed by atoms with Crippen LogP contribution < -0.4 is 10.1 Å². The number of hydrogen-bond donors (Lipinski definition) is 1. The van der Waals surface area contributed by atoms with Gasteiger partial charge in [0.05, 0.1) is 17.6 Å². The van der Waals surface area contributed by atoms with Crippen LogP contribution in [0.5, 0.6) is 5.75 Å². The van der Waals surface area contributed by atoms with E-state index in [0.29, 0.717) is 36.6 Å². The summed E-state index contributed by atoms with van der Waals surface area (Å²) in [5.41, 5.74) is 2.00. The maximum Gasteiger partial charge on any atom is 0.292 e. The Kier molecular flexibility index (Phi) is 5.53. The van der Waals surface area contributed by atoms with Gasteiger partial charge in [-0.25, -0.2) is 0 Å². The third-order valence-corrected chi connectivity index (χ3v) is 3.16. The first-order chi connectivity index (χ1) is 11.1. The highest BCUT2D eigenvalue weighted by Gasteiger charge is 2.13. The fraction of sp³-hybridized carbons (Fsp3) is 0.235. The first kappa shape index (κ1) is 16.3. The highest BCUT2D eigenvalue weighted by atomic mass is 16.6. The minimum Gasteiger partial charge on any atom is -0.493 e. The monoisotopic (exact) mass is 311 g/mol. The SMILES string of the molecule is Cc1ccc(Nc2cccc(OCCCC#N)c2)c([N+](=O)[O-])c1. The summed E-state index contributed by atoms with van der Waals surface area (Å²) in [6.07, 6.45) is 1.12. The molecule has 6 heteroatoms. The Morgan fingerprint density at radius 3 is 2.87 bits per heavy atom. The minimum absolute atomic E-state index is 0.0327. The lowest BCUT2D eigenvalue weighted by Crippen LogP contribution is -1.99. The van der Waals surface area contributed by atoms with Crippen LogP contribution in [0.15, 0.2) is 42.5 Å². The maximum absolute atomic E-state index is 11.1. The largest absolute Gasteiger partial charge is 0.493 e. The summed E-state index contributed by atoms with van der Waals surface area (Å²) >= 11 is 0. The number of nitriles is 1. The van der Waals surface area contributed by atoms with Gasteiger partial charge in [0.15, 0.2) is 0 Å². The molecule has 0 aromatic heterocycles. The van der Waals surface area contributed by atoms with E-state index in [9.17, 15) is 10.1 Å². The number of ether oxygens (including phenoxy) is 1. The molecule has 6 nitrogen and oxygen atoms in total. The fourth-order valence-electron chi connectivity index (χ4n) is 2.06. The minimum atomic E-state index is -0.405. The second kappa shape index (κ2) is 7.80. The summed E-state index contributed by atoms with van der Waals surface area (Å²) in [7, 11) is 0. The van der Waals surface area contributed by atoms with E-state index < -0.39 is 4.92 Å². The molecular weight excluding hydrogens is 294 g/mol. The molecule has 0 unspecified atom stereocenters. The van der Waals surface area contributed by atoms with E-state index >= 15 is 0 Å². The van der Waals surface area contributed by atoms with Crippen LogP contribution in [0.4, 0.5) is 17.1 Å². The normalized spacial score (nSPS) is 9.91. The van der Waals surface area contributed by atoms with Crippen LogP contribution >= 0.6 is 0 Å². The van der Waals surface area contributed by atoms with Crippen molar-refractivity contribution in [2.45, 2.75) is 19.8 Å². The molecule has 0 aliphatic heterocycles. The summed E-state index contributed by atoms with van der Waals surface area (Å²) in [5.74, 6) is 0.655. The Bertz CT molecular complexity index is 738. The van der Waals surface area contributed by atoms with Gasteiger partial charge in [-0.05, 0) is 37.1 Å². The van der Waals surface area contributed by atoms with Crippen LogP contribution in [-0.2, 0) is 0 Å². The van der Waals surface area contributed by atoms with Gasteiger partial charge >= 0.3 is 0 Å². The Morgan fingerprint density at radius 2 is 2.13 bits per heavy atom. The molecule has 0 aliphatic rings.